The first kappa shape index (κ1) is 24.9. The number of non-ortho nitro benzene ring substituents is 1. The van der Waals surface area contributed by atoms with Gasteiger partial charge in [-0.1, -0.05) is 29.8 Å². The van der Waals surface area contributed by atoms with Gasteiger partial charge in [0.1, 0.15) is 6.17 Å². The van der Waals surface area contributed by atoms with Gasteiger partial charge in [0.05, 0.1) is 4.92 Å². The molecular formula is C28H30N4O4. The van der Waals surface area contributed by atoms with E-state index in [9.17, 15) is 19.7 Å². The van der Waals surface area contributed by atoms with Crippen molar-refractivity contribution < 1.29 is 14.5 Å². The highest BCUT2D eigenvalue weighted by atomic mass is 16.6. The van der Waals surface area contributed by atoms with Gasteiger partial charge in [0, 0.05) is 55.1 Å². The minimum atomic E-state index is -0.591. The van der Waals surface area contributed by atoms with Crippen molar-refractivity contribution in [3.8, 4) is 0 Å². The highest BCUT2D eigenvalue weighted by Gasteiger charge is 2.39. The van der Waals surface area contributed by atoms with E-state index < -0.39 is 11.1 Å². The van der Waals surface area contributed by atoms with E-state index in [0.717, 1.165) is 29.9 Å². The van der Waals surface area contributed by atoms with Crippen LogP contribution in [0.25, 0.3) is 0 Å². The minimum Gasteiger partial charge on any atom is -0.372 e. The van der Waals surface area contributed by atoms with Gasteiger partial charge in [-0.05, 0) is 62.7 Å². The molecule has 3 aromatic rings. The Bertz CT molecular complexity index is 1240. The van der Waals surface area contributed by atoms with Crippen molar-refractivity contribution in [3.63, 3.8) is 0 Å². The number of nitro benzene ring substituents is 1. The van der Waals surface area contributed by atoms with Crippen molar-refractivity contribution in [2.75, 3.05) is 31.1 Å². The molecule has 1 atom stereocenters. The number of benzene rings is 3. The Labute approximate surface area is 210 Å². The van der Waals surface area contributed by atoms with Crippen molar-refractivity contribution in [2.45, 2.75) is 26.9 Å². The first-order valence-electron chi connectivity index (χ1n) is 12.1. The second-order valence-corrected chi connectivity index (χ2v) is 8.80. The lowest BCUT2D eigenvalue weighted by Gasteiger charge is -2.31. The first-order valence-corrected chi connectivity index (χ1v) is 12.1. The van der Waals surface area contributed by atoms with Crippen LogP contribution in [0.3, 0.4) is 0 Å². The standard InChI is InChI=1S/C28H30N4O4/c1-4-29(5-2)24-14-10-21(11-15-24)26-30(27(33)22-8-6-20(3)7-9-22)18-19-31(26)28(34)23-12-16-25(17-13-23)32(35)36/h6-17,26H,4-5,18-19H2,1-3H3/t26-/m0/s1. The van der Waals surface area contributed by atoms with Crippen LogP contribution in [0.15, 0.2) is 72.8 Å². The zero-order valence-electron chi connectivity index (χ0n) is 20.8. The smallest absolute Gasteiger partial charge is 0.269 e. The van der Waals surface area contributed by atoms with Gasteiger partial charge in [-0.2, -0.15) is 0 Å². The Morgan fingerprint density at radius 1 is 0.833 bits per heavy atom. The predicted molar refractivity (Wildman–Crippen MR) is 139 cm³/mol. The van der Waals surface area contributed by atoms with Crippen molar-refractivity contribution in [1.82, 2.24) is 9.80 Å². The average molecular weight is 487 g/mol. The Hall–Kier alpha value is -4.20. The molecule has 0 spiro atoms. The van der Waals surface area contributed by atoms with Crippen LogP contribution >= 0.6 is 0 Å². The van der Waals surface area contributed by atoms with Crippen LogP contribution in [0, 0.1) is 17.0 Å². The van der Waals surface area contributed by atoms with Crippen molar-refractivity contribution in [1.29, 1.82) is 0 Å². The summed E-state index contributed by atoms with van der Waals surface area (Å²) < 4.78 is 0. The molecule has 0 N–H and O–H groups in total. The predicted octanol–water partition coefficient (Wildman–Crippen LogP) is 5.05. The maximum Gasteiger partial charge on any atom is 0.269 e. The largest absolute Gasteiger partial charge is 0.372 e. The molecule has 8 heteroatoms. The van der Waals surface area contributed by atoms with Crippen LogP contribution < -0.4 is 4.90 Å². The Morgan fingerprint density at radius 3 is 1.75 bits per heavy atom. The van der Waals surface area contributed by atoms with Crippen molar-refractivity contribution >= 4 is 23.2 Å². The number of hydrogen-bond donors (Lipinski definition) is 0. The number of nitrogens with zero attached hydrogens (tertiary/aromatic N) is 4. The molecular weight excluding hydrogens is 456 g/mol. The number of hydrogen-bond acceptors (Lipinski definition) is 5. The number of aryl methyl sites for hydroxylation is 1. The Morgan fingerprint density at radius 2 is 1.31 bits per heavy atom. The van der Waals surface area contributed by atoms with E-state index in [4.69, 9.17) is 0 Å². The number of amides is 2. The van der Waals surface area contributed by atoms with Crippen molar-refractivity contribution in [3.05, 3.63) is 105 Å². The van der Waals surface area contributed by atoms with Gasteiger partial charge >= 0.3 is 0 Å². The summed E-state index contributed by atoms with van der Waals surface area (Å²) in [5, 5.41) is 11.0. The van der Waals surface area contributed by atoms with Gasteiger partial charge in [0.25, 0.3) is 17.5 Å². The monoisotopic (exact) mass is 486 g/mol. The van der Waals surface area contributed by atoms with Crippen LogP contribution in [0.2, 0.25) is 0 Å². The first-order chi connectivity index (χ1) is 17.3. The molecule has 8 nitrogen and oxygen atoms in total. The zero-order chi connectivity index (χ0) is 25.8. The molecule has 0 aromatic heterocycles. The lowest BCUT2D eigenvalue weighted by molar-refractivity contribution is -0.384. The summed E-state index contributed by atoms with van der Waals surface area (Å²) in [6.45, 7) is 8.66. The molecule has 186 valence electrons. The highest BCUT2D eigenvalue weighted by molar-refractivity contribution is 5.98. The molecule has 0 aliphatic carbocycles. The molecule has 1 heterocycles. The van der Waals surface area contributed by atoms with Crippen LogP contribution in [0.5, 0.6) is 0 Å². The minimum absolute atomic E-state index is 0.0762. The topological polar surface area (TPSA) is 87.0 Å². The van der Waals surface area contributed by atoms with Crippen LogP contribution in [0.1, 0.15) is 51.9 Å². The van der Waals surface area contributed by atoms with Gasteiger partial charge in [0.15, 0.2) is 0 Å². The van der Waals surface area contributed by atoms with Gasteiger partial charge < -0.3 is 14.7 Å². The molecule has 0 saturated carbocycles. The lowest BCUT2D eigenvalue weighted by Crippen LogP contribution is -2.38. The molecule has 3 aromatic carbocycles. The molecule has 1 aliphatic rings. The summed E-state index contributed by atoms with van der Waals surface area (Å²) >= 11 is 0. The van der Waals surface area contributed by atoms with Crippen LogP contribution in [0.4, 0.5) is 11.4 Å². The maximum absolute atomic E-state index is 13.5. The lowest BCUT2D eigenvalue weighted by atomic mass is 10.1. The number of carbonyl (C=O) groups is 2. The molecule has 4 rings (SSSR count). The van der Waals surface area contributed by atoms with Gasteiger partial charge in [0.2, 0.25) is 0 Å². The summed E-state index contributed by atoms with van der Waals surface area (Å²) in [6, 6.07) is 21.0. The summed E-state index contributed by atoms with van der Waals surface area (Å²) in [7, 11) is 0. The molecule has 36 heavy (non-hydrogen) atoms. The van der Waals surface area contributed by atoms with Crippen molar-refractivity contribution in [2.24, 2.45) is 0 Å². The van der Waals surface area contributed by atoms with Gasteiger partial charge in [-0.15, -0.1) is 0 Å². The van der Waals surface area contributed by atoms with E-state index in [1.807, 2.05) is 43.3 Å². The molecule has 1 saturated heterocycles. The summed E-state index contributed by atoms with van der Waals surface area (Å²) in [5.74, 6) is -0.422. The number of anilines is 1. The van der Waals surface area contributed by atoms with Gasteiger partial charge in [-0.25, -0.2) is 0 Å². The zero-order valence-corrected chi connectivity index (χ0v) is 20.8. The number of carbonyl (C=O) groups excluding carboxylic acids is 2. The van der Waals surface area contributed by atoms with E-state index >= 15 is 0 Å². The molecule has 0 bridgehead atoms. The quantitative estimate of drug-likeness (QED) is 0.345. The highest BCUT2D eigenvalue weighted by Crippen LogP contribution is 2.34. The number of nitro groups is 1. The normalized spacial score (nSPS) is 15.1. The van der Waals surface area contributed by atoms with Crippen LogP contribution in [-0.2, 0) is 0 Å². The van der Waals surface area contributed by atoms with E-state index in [-0.39, 0.29) is 17.5 Å². The maximum atomic E-state index is 13.5. The molecule has 2 amide bonds. The van der Waals surface area contributed by atoms with E-state index in [2.05, 4.69) is 18.7 Å². The third-order valence-corrected chi connectivity index (χ3v) is 6.64. The average Bonchev–Trinajstić information content (AvgIpc) is 3.34. The number of rotatable bonds is 7. The fourth-order valence-corrected chi connectivity index (χ4v) is 4.61. The Balaban J connectivity index is 1.69. The summed E-state index contributed by atoms with van der Waals surface area (Å²) in [6.07, 6.45) is -0.591. The fourth-order valence-electron chi connectivity index (χ4n) is 4.61. The van der Waals surface area contributed by atoms with E-state index in [1.165, 1.54) is 24.3 Å². The Kier molecular flexibility index (Phi) is 7.33. The van der Waals surface area contributed by atoms with Gasteiger partial charge in [-0.3, -0.25) is 19.7 Å². The summed E-state index contributed by atoms with van der Waals surface area (Å²) in [4.78, 5) is 43.2. The molecule has 0 radical (unpaired) electrons. The van der Waals surface area contributed by atoms with E-state index in [1.54, 1.807) is 21.9 Å². The van der Waals surface area contributed by atoms with E-state index in [0.29, 0.717) is 24.2 Å². The molecule has 0 unspecified atom stereocenters. The third-order valence-electron chi connectivity index (χ3n) is 6.64. The fraction of sp³-hybridized carbons (Fsp3) is 0.286. The summed E-state index contributed by atoms with van der Waals surface area (Å²) in [5.41, 5.74) is 3.80. The third kappa shape index (κ3) is 4.93. The second kappa shape index (κ2) is 10.6. The molecule has 1 fully saturated rings. The van der Waals surface area contributed by atoms with Crippen LogP contribution in [-0.4, -0.2) is 52.7 Å². The second-order valence-electron chi connectivity index (χ2n) is 8.80. The molecule has 1 aliphatic heterocycles. The SMILES string of the molecule is CCN(CC)c1ccc([C@H]2N(C(=O)c3ccc(C)cc3)CCN2C(=O)c2ccc([N+](=O)[O-])cc2)cc1.